The average molecular weight is 481 g/mol. The third-order valence-electron chi connectivity index (χ3n) is 4.44. The first-order valence-corrected chi connectivity index (χ1v) is 12.3. The van der Waals surface area contributed by atoms with Crippen LogP contribution in [0.4, 0.5) is 0 Å². The number of rotatable bonds is 4. The number of H-pyrrole nitrogens is 1. The van der Waals surface area contributed by atoms with E-state index in [4.69, 9.17) is 23.2 Å². The maximum atomic E-state index is 13.5. The predicted octanol–water partition coefficient (Wildman–Crippen LogP) is 4.21. The van der Waals surface area contributed by atoms with Crippen molar-refractivity contribution < 1.29 is 12.6 Å². The zero-order valence-corrected chi connectivity index (χ0v) is 18.8. The minimum absolute atomic E-state index is 0.0304. The van der Waals surface area contributed by atoms with E-state index in [0.717, 1.165) is 5.56 Å². The summed E-state index contributed by atoms with van der Waals surface area (Å²) in [6, 6.07) is 6.47. The monoisotopic (exact) mass is 480 g/mol. The molecule has 0 saturated carbocycles. The van der Waals surface area contributed by atoms with Crippen molar-refractivity contribution in [1.82, 2.24) is 19.9 Å². The molecule has 0 bridgehead atoms. The molecule has 1 atom stereocenters. The number of sulfone groups is 1. The number of hydrogen-bond acceptors (Lipinski definition) is 6. The zero-order valence-electron chi connectivity index (χ0n) is 15.7. The van der Waals surface area contributed by atoms with E-state index in [9.17, 15) is 12.6 Å². The van der Waals surface area contributed by atoms with E-state index in [2.05, 4.69) is 19.9 Å². The fourth-order valence-corrected chi connectivity index (χ4v) is 5.92. The normalized spacial score (nSPS) is 12.9. The Bertz CT molecular complexity index is 1420. The molecule has 0 aliphatic carbocycles. The van der Waals surface area contributed by atoms with Crippen LogP contribution in [0.25, 0.3) is 22.4 Å². The van der Waals surface area contributed by atoms with Gasteiger partial charge >= 0.3 is 0 Å². The van der Waals surface area contributed by atoms with Gasteiger partial charge in [0.25, 0.3) is 0 Å². The quantitative estimate of drug-likeness (QED) is 0.438. The molecule has 11 heteroatoms. The largest absolute Gasteiger partial charge is 0.345 e. The molecule has 1 aromatic carbocycles. The molecule has 7 nitrogen and oxygen atoms in total. The third-order valence-corrected chi connectivity index (χ3v) is 7.93. The van der Waals surface area contributed by atoms with Crippen molar-refractivity contribution in [2.45, 2.75) is 21.7 Å². The number of aryl methyl sites for hydroxylation is 1. The van der Waals surface area contributed by atoms with Crippen LogP contribution in [0.1, 0.15) is 5.56 Å². The molecular formula is C19H14Cl2N4O3S2. The Hall–Kier alpha value is -2.33. The molecule has 0 aliphatic heterocycles. The highest BCUT2D eigenvalue weighted by atomic mass is 35.5. The van der Waals surface area contributed by atoms with Gasteiger partial charge in [-0.05, 0) is 19.1 Å². The van der Waals surface area contributed by atoms with Gasteiger partial charge in [0.2, 0.25) is 9.84 Å². The first-order valence-electron chi connectivity index (χ1n) is 8.54. The van der Waals surface area contributed by atoms with Crippen molar-refractivity contribution in [2.75, 3.05) is 6.26 Å². The summed E-state index contributed by atoms with van der Waals surface area (Å²) in [6.45, 7) is 1.87. The predicted molar refractivity (Wildman–Crippen MR) is 116 cm³/mol. The molecule has 30 heavy (non-hydrogen) atoms. The average Bonchev–Trinajstić information content (AvgIpc) is 3.12. The smallest absolute Gasteiger partial charge is 0.208 e. The Kier molecular flexibility index (Phi) is 5.39. The van der Waals surface area contributed by atoms with Gasteiger partial charge in [-0.1, -0.05) is 40.9 Å². The van der Waals surface area contributed by atoms with Gasteiger partial charge in [0.1, 0.15) is 15.6 Å². The van der Waals surface area contributed by atoms with Crippen molar-refractivity contribution >= 4 is 54.9 Å². The van der Waals surface area contributed by atoms with Crippen molar-refractivity contribution in [3.63, 3.8) is 0 Å². The van der Waals surface area contributed by atoms with Crippen LogP contribution < -0.4 is 0 Å². The van der Waals surface area contributed by atoms with Gasteiger partial charge in [0.15, 0.2) is 5.82 Å². The topological polar surface area (TPSA) is 106 Å². The second kappa shape index (κ2) is 7.73. The Labute approximate surface area is 184 Å². The van der Waals surface area contributed by atoms with Crippen molar-refractivity contribution in [1.29, 1.82) is 0 Å². The van der Waals surface area contributed by atoms with Gasteiger partial charge in [-0.3, -0.25) is 4.21 Å². The molecule has 1 N–H and O–H groups in total. The standard InChI is InChI=1S/C19H14Cl2N4O3S2/c1-10-3-5-11(6-4-10)30(27,28)16-13(20)8-24-18-15(16)12(7-22-18)17-23-9-14(21)19(25-17)29(2)26/h3-9H,1-2H3,(H,22,24). The summed E-state index contributed by atoms with van der Waals surface area (Å²) >= 11 is 12.4. The number of aromatic amines is 1. The fourth-order valence-electron chi connectivity index (χ4n) is 3.00. The van der Waals surface area contributed by atoms with E-state index in [1.165, 1.54) is 37.0 Å². The number of benzene rings is 1. The van der Waals surface area contributed by atoms with Gasteiger partial charge < -0.3 is 4.98 Å². The van der Waals surface area contributed by atoms with Crippen molar-refractivity contribution in [3.8, 4) is 11.4 Å². The highest BCUT2D eigenvalue weighted by Crippen LogP contribution is 2.38. The number of aromatic nitrogens is 4. The SMILES string of the molecule is Cc1ccc(S(=O)(=O)c2c(Cl)cnc3[nH]cc(-c4ncc(Cl)c(S(C)=O)n4)c23)cc1. The van der Waals surface area contributed by atoms with E-state index in [-0.39, 0.29) is 36.1 Å². The van der Waals surface area contributed by atoms with E-state index in [1.54, 1.807) is 12.1 Å². The highest BCUT2D eigenvalue weighted by Gasteiger charge is 2.28. The van der Waals surface area contributed by atoms with Gasteiger partial charge in [-0.25, -0.2) is 23.4 Å². The summed E-state index contributed by atoms with van der Waals surface area (Å²) in [4.78, 5) is 15.6. The molecule has 0 amide bonds. The van der Waals surface area contributed by atoms with Crippen LogP contribution in [-0.2, 0) is 20.6 Å². The lowest BCUT2D eigenvalue weighted by atomic mass is 10.2. The molecule has 4 aromatic rings. The van der Waals surface area contributed by atoms with Crippen LogP contribution in [0.2, 0.25) is 10.0 Å². The Balaban J connectivity index is 2.03. The Morgan fingerprint density at radius 3 is 2.37 bits per heavy atom. The number of nitrogens with zero attached hydrogens (tertiary/aromatic N) is 3. The zero-order chi connectivity index (χ0) is 21.6. The lowest BCUT2D eigenvalue weighted by molar-refractivity contribution is 0.597. The summed E-state index contributed by atoms with van der Waals surface area (Å²) in [5, 5.41) is 0.521. The minimum Gasteiger partial charge on any atom is -0.345 e. The van der Waals surface area contributed by atoms with E-state index >= 15 is 0 Å². The molecule has 0 fully saturated rings. The van der Waals surface area contributed by atoms with Crippen LogP contribution >= 0.6 is 23.2 Å². The molecule has 0 spiro atoms. The van der Waals surface area contributed by atoms with Crippen molar-refractivity contribution in [3.05, 3.63) is 58.5 Å². The number of halogens is 2. The fraction of sp³-hybridized carbons (Fsp3) is 0.105. The van der Waals surface area contributed by atoms with Gasteiger partial charge in [0.05, 0.1) is 37.3 Å². The van der Waals surface area contributed by atoms with E-state index < -0.39 is 20.6 Å². The van der Waals surface area contributed by atoms with Gasteiger partial charge in [-0.2, -0.15) is 0 Å². The number of nitrogens with one attached hydrogen (secondary N) is 1. The molecule has 0 aliphatic rings. The molecule has 4 rings (SSSR count). The first kappa shape index (κ1) is 20.9. The maximum absolute atomic E-state index is 13.5. The lowest BCUT2D eigenvalue weighted by Gasteiger charge is -2.10. The van der Waals surface area contributed by atoms with E-state index in [0.29, 0.717) is 11.2 Å². The van der Waals surface area contributed by atoms with Crippen LogP contribution in [0.5, 0.6) is 0 Å². The maximum Gasteiger partial charge on any atom is 0.208 e. The van der Waals surface area contributed by atoms with Gasteiger partial charge in [0, 0.05) is 24.2 Å². The molecule has 3 heterocycles. The summed E-state index contributed by atoms with van der Waals surface area (Å²) < 4.78 is 38.9. The first-order chi connectivity index (χ1) is 14.2. The molecule has 0 radical (unpaired) electrons. The van der Waals surface area contributed by atoms with Crippen LogP contribution in [0, 0.1) is 6.92 Å². The minimum atomic E-state index is -3.98. The molecular weight excluding hydrogens is 467 g/mol. The van der Waals surface area contributed by atoms with Gasteiger partial charge in [-0.15, -0.1) is 0 Å². The molecule has 154 valence electrons. The van der Waals surface area contributed by atoms with Crippen molar-refractivity contribution in [2.24, 2.45) is 0 Å². The van der Waals surface area contributed by atoms with E-state index in [1.807, 2.05) is 6.92 Å². The van der Waals surface area contributed by atoms with Crippen LogP contribution in [0.3, 0.4) is 0 Å². The molecule has 3 aromatic heterocycles. The Morgan fingerprint density at radius 2 is 1.70 bits per heavy atom. The second-order valence-electron chi connectivity index (χ2n) is 6.48. The second-order valence-corrected chi connectivity index (χ2v) is 10.5. The number of hydrogen-bond donors (Lipinski definition) is 1. The number of pyridine rings is 1. The summed E-state index contributed by atoms with van der Waals surface area (Å²) in [6.07, 6.45) is 5.58. The summed E-state index contributed by atoms with van der Waals surface area (Å²) in [7, 11) is -5.44. The summed E-state index contributed by atoms with van der Waals surface area (Å²) in [5.41, 5.74) is 1.59. The number of fused-ring (bicyclic) bond motifs is 1. The highest BCUT2D eigenvalue weighted by molar-refractivity contribution is 7.91. The van der Waals surface area contributed by atoms with Crippen LogP contribution in [0.15, 0.2) is 57.7 Å². The summed E-state index contributed by atoms with van der Waals surface area (Å²) in [5.74, 6) is 0.153. The third kappa shape index (κ3) is 3.51. The Morgan fingerprint density at radius 1 is 1.03 bits per heavy atom. The molecule has 1 unspecified atom stereocenters. The lowest BCUT2D eigenvalue weighted by Crippen LogP contribution is -2.05. The van der Waals surface area contributed by atoms with Crippen LogP contribution in [-0.4, -0.2) is 38.8 Å². The molecule has 0 saturated heterocycles.